The van der Waals surface area contributed by atoms with Crippen molar-refractivity contribution in [3.63, 3.8) is 0 Å². The second kappa shape index (κ2) is 7.86. The third-order valence-electron chi connectivity index (χ3n) is 5.38. The first kappa shape index (κ1) is 20.0. The zero-order valence-corrected chi connectivity index (χ0v) is 18.6. The van der Waals surface area contributed by atoms with Crippen LogP contribution in [0.2, 0.25) is 0 Å². The summed E-state index contributed by atoms with van der Waals surface area (Å²) in [6, 6.07) is 19.0. The number of aryl methyl sites for hydroxylation is 3. The van der Waals surface area contributed by atoms with Gasteiger partial charge in [0, 0.05) is 6.04 Å². The first-order valence-electron chi connectivity index (χ1n) is 10.4. The summed E-state index contributed by atoms with van der Waals surface area (Å²) in [4.78, 5) is 14.8. The van der Waals surface area contributed by atoms with Gasteiger partial charge in [-0.15, -0.1) is 0 Å². The normalized spacial score (nSPS) is 12.2. The predicted molar refractivity (Wildman–Crippen MR) is 126 cm³/mol. The molecule has 0 aliphatic heterocycles. The third-order valence-corrected chi connectivity index (χ3v) is 5.38. The van der Waals surface area contributed by atoms with E-state index in [0.29, 0.717) is 0 Å². The molecular weight excluding hydrogens is 368 g/mol. The van der Waals surface area contributed by atoms with E-state index in [4.69, 9.17) is 15.0 Å². The standard InChI is InChI=1S/C26H28N4/c1-16(2)30-24-13-8-7-10-22(24)29-26(30)23-12-9-11-21(28-23)20(6)27-25-18(4)14-17(3)15-19(25)5/h7-16H,1-6H3. The average Bonchev–Trinajstić information content (AvgIpc) is 3.10. The van der Waals surface area contributed by atoms with Crippen LogP contribution in [-0.4, -0.2) is 20.2 Å². The van der Waals surface area contributed by atoms with Crippen LogP contribution in [0.1, 0.15) is 49.2 Å². The van der Waals surface area contributed by atoms with Crippen molar-refractivity contribution in [2.45, 2.75) is 47.6 Å². The van der Waals surface area contributed by atoms with E-state index >= 15 is 0 Å². The molecule has 0 spiro atoms. The summed E-state index contributed by atoms with van der Waals surface area (Å²) in [5, 5.41) is 0. The largest absolute Gasteiger partial charge is 0.320 e. The van der Waals surface area contributed by atoms with Gasteiger partial charge >= 0.3 is 0 Å². The van der Waals surface area contributed by atoms with Crippen molar-refractivity contribution in [3.05, 3.63) is 77.0 Å². The molecule has 0 bridgehead atoms. The highest BCUT2D eigenvalue weighted by Crippen LogP contribution is 2.28. The van der Waals surface area contributed by atoms with E-state index in [0.717, 1.165) is 39.6 Å². The quantitative estimate of drug-likeness (QED) is 0.358. The molecule has 2 aromatic heterocycles. The van der Waals surface area contributed by atoms with Gasteiger partial charge in [0.05, 0.1) is 28.1 Å². The lowest BCUT2D eigenvalue weighted by molar-refractivity contribution is 0.623. The number of imidazole rings is 1. The fourth-order valence-electron chi connectivity index (χ4n) is 4.08. The minimum Gasteiger partial charge on any atom is -0.320 e. The lowest BCUT2D eigenvalue weighted by Crippen LogP contribution is -2.06. The number of benzene rings is 2. The van der Waals surface area contributed by atoms with E-state index < -0.39 is 0 Å². The summed E-state index contributed by atoms with van der Waals surface area (Å²) in [6.07, 6.45) is 0. The molecule has 0 radical (unpaired) electrons. The van der Waals surface area contributed by atoms with Crippen molar-refractivity contribution in [3.8, 4) is 11.5 Å². The van der Waals surface area contributed by atoms with Gasteiger partial charge in [0.2, 0.25) is 0 Å². The summed E-state index contributed by atoms with van der Waals surface area (Å²) in [6.45, 7) is 12.7. The summed E-state index contributed by atoms with van der Waals surface area (Å²) >= 11 is 0. The van der Waals surface area contributed by atoms with Crippen LogP contribution in [0.4, 0.5) is 5.69 Å². The Morgan fingerprint density at radius 2 is 1.60 bits per heavy atom. The number of aromatic nitrogens is 3. The van der Waals surface area contributed by atoms with E-state index in [1.807, 2.05) is 31.2 Å². The Kier molecular flexibility index (Phi) is 5.25. The van der Waals surface area contributed by atoms with Crippen molar-refractivity contribution in [2.24, 2.45) is 4.99 Å². The van der Waals surface area contributed by atoms with E-state index in [2.05, 4.69) is 69.5 Å². The Morgan fingerprint density at radius 1 is 0.900 bits per heavy atom. The zero-order chi connectivity index (χ0) is 21.4. The number of nitrogens with zero attached hydrogens (tertiary/aromatic N) is 4. The van der Waals surface area contributed by atoms with Crippen LogP contribution in [0.25, 0.3) is 22.6 Å². The zero-order valence-electron chi connectivity index (χ0n) is 18.6. The van der Waals surface area contributed by atoms with Crippen LogP contribution in [0.5, 0.6) is 0 Å². The van der Waals surface area contributed by atoms with Crippen LogP contribution in [0.15, 0.2) is 59.6 Å². The Bertz CT molecular complexity index is 1240. The van der Waals surface area contributed by atoms with Gasteiger partial charge in [-0.1, -0.05) is 35.9 Å². The average molecular weight is 397 g/mol. The van der Waals surface area contributed by atoms with Crippen LogP contribution in [0, 0.1) is 20.8 Å². The number of hydrogen-bond acceptors (Lipinski definition) is 3. The molecule has 2 heterocycles. The maximum Gasteiger partial charge on any atom is 0.160 e. The van der Waals surface area contributed by atoms with Gasteiger partial charge in [0.25, 0.3) is 0 Å². The Balaban J connectivity index is 1.81. The van der Waals surface area contributed by atoms with E-state index in [-0.39, 0.29) is 6.04 Å². The second-order valence-corrected chi connectivity index (χ2v) is 8.24. The topological polar surface area (TPSA) is 43.1 Å². The lowest BCUT2D eigenvalue weighted by Gasteiger charge is -2.13. The van der Waals surface area contributed by atoms with Crippen LogP contribution in [0.3, 0.4) is 0 Å². The lowest BCUT2D eigenvalue weighted by atomic mass is 10.1. The number of para-hydroxylation sites is 2. The van der Waals surface area contributed by atoms with Gasteiger partial charge in [0.15, 0.2) is 5.82 Å². The maximum atomic E-state index is 4.94. The maximum absolute atomic E-state index is 4.94. The van der Waals surface area contributed by atoms with Gasteiger partial charge in [-0.05, 0) is 76.9 Å². The molecule has 0 aliphatic carbocycles. The summed E-state index contributed by atoms with van der Waals surface area (Å²) in [5.74, 6) is 0.892. The molecule has 4 rings (SSSR count). The van der Waals surface area contributed by atoms with Gasteiger partial charge in [-0.25, -0.2) is 9.97 Å². The molecule has 4 heteroatoms. The molecule has 152 valence electrons. The highest BCUT2D eigenvalue weighted by atomic mass is 15.1. The second-order valence-electron chi connectivity index (χ2n) is 8.24. The Hall–Kier alpha value is -3.27. The fraction of sp³-hybridized carbons (Fsp3) is 0.269. The van der Waals surface area contributed by atoms with Gasteiger partial charge in [-0.2, -0.15) is 0 Å². The van der Waals surface area contributed by atoms with Crippen LogP contribution >= 0.6 is 0 Å². The summed E-state index contributed by atoms with van der Waals surface area (Å²) < 4.78 is 2.25. The molecule has 30 heavy (non-hydrogen) atoms. The van der Waals surface area contributed by atoms with Crippen LogP contribution in [-0.2, 0) is 0 Å². The molecule has 0 N–H and O–H groups in total. The highest BCUT2D eigenvalue weighted by molar-refractivity contribution is 5.99. The molecule has 0 atom stereocenters. The van der Waals surface area contributed by atoms with Gasteiger partial charge < -0.3 is 4.57 Å². The molecular formula is C26H28N4. The highest BCUT2D eigenvalue weighted by Gasteiger charge is 2.16. The van der Waals surface area contributed by atoms with E-state index in [9.17, 15) is 0 Å². The molecule has 0 unspecified atom stereocenters. The monoisotopic (exact) mass is 396 g/mol. The summed E-state index contributed by atoms with van der Waals surface area (Å²) in [5.41, 5.74) is 9.41. The molecule has 4 aromatic rings. The number of fused-ring (bicyclic) bond motifs is 1. The molecule has 0 fully saturated rings. The molecule has 2 aromatic carbocycles. The first-order valence-corrected chi connectivity index (χ1v) is 10.4. The fourth-order valence-corrected chi connectivity index (χ4v) is 4.08. The van der Waals surface area contributed by atoms with Crippen LogP contribution < -0.4 is 0 Å². The minimum absolute atomic E-state index is 0.283. The SMILES string of the molecule is CC(=Nc1c(C)cc(C)cc1C)c1cccc(-c2nc3ccccc3n2C(C)C)n1. The molecule has 4 nitrogen and oxygen atoms in total. The van der Waals surface area contributed by atoms with Gasteiger partial charge in [0.1, 0.15) is 5.69 Å². The van der Waals surface area contributed by atoms with Crippen molar-refractivity contribution < 1.29 is 0 Å². The van der Waals surface area contributed by atoms with Crippen molar-refractivity contribution in [1.29, 1.82) is 0 Å². The smallest absolute Gasteiger partial charge is 0.160 e. The number of hydrogen-bond donors (Lipinski definition) is 0. The van der Waals surface area contributed by atoms with Crippen molar-refractivity contribution in [2.75, 3.05) is 0 Å². The van der Waals surface area contributed by atoms with Gasteiger partial charge in [-0.3, -0.25) is 4.99 Å². The van der Waals surface area contributed by atoms with E-state index in [1.54, 1.807) is 0 Å². The molecule has 0 amide bonds. The predicted octanol–water partition coefficient (Wildman–Crippen LogP) is 6.75. The molecule has 0 aliphatic rings. The van der Waals surface area contributed by atoms with Crippen molar-refractivity contribution >= 4 is 22.4 Å². The van der Waals surface area contributed by atoms with E-state index in [1.165, 1.54) is 16.7 Å². The minimum atomic E-state index is 0.283. The van der Waals surface area contributed by atoms with Crippen molar-refractivity contribution in [1.82, 2.24) is 14.5 Å². The number of aliphatic imine (C=N–C) groups is 1. The Morgan fingerprint density at radius 3 is 2.30 bits per heavy atom. The third kappa shape index (κ3) is 3.65. The summed E-state index contributed by atoms with van der Waals surface area (Å²) in [7, 11) is 0. The molecule has 0 saturated heterocycles. The number of pyridine rings is 1. The molecule has 0 saturated carbocycles. The Labute approximate surface area is 178 Å². The number of rotatable bonds is 4. The first-order chi connectivity index (χ1) is 14.3.